The number of hydrogen-bond acceptors (Lipinski definition) is 4. The zero-order valence-electron chi connectivity index (χ0n) is 9.38. The van der Waals surface area contributed by atoms with Gasteiger partial charge < -0.3 is 15.9 Å². The second kappa shape index (κ2) is 9.21. The van der Waals surface area contributed by atoms with Crippen molar-refractivity contribution in [3.63, 3.8) is 0 Å². The second-order valence-corrected chi connectivity index (χ2v) is 3.49. The summed E-state index contributed by atoms with van der Waals surface area (Å²) in [5.74, 6) is 0.222. The number of aliphatic hydroxyl groups is 1. The van der Waals surface area contributed by atoms with E-state index in [0.717, 1.165) is 0 Å². The summed E-state index contributed by atoms with van der Waals surface area (Å²) in [5.41, 5.74) is 9.17. The Bertz CT molecular complexity index is 445. The molecule has 0 aliphatic rings. The number of nitrogens with one attached hydrogen (secondary N) is 1. The third-order valence-electron chi connectivity index (χ3n) is 1.93. The average Bonchev–Trinajstić information content (AvgIpc) is 2.37. The van der Waals surface area contributed by atoms with Gasteiger partial charge in [0.25, 0.3) is 5.75 Å². The molecule has 18 heavy (non-hydrogen) atoms. The van der Waals surface area contributed by atoms with Crippen molar-refractivity contribution in [3.05, 3.63) is 23.0 Å². The zero-order valence-corrected chi connectivity index (χ0v) is 13.2. The predicted octanol–water partition coefficient (Wildman–Crippen LogP) is 0.174. The summed E-state index contributed by atoms with van der Waals surface area (Å²) >= 11 is 6.19. The van der Waals surface area contributed by atoms with Gasteiger partial charge in [-0.3, -0.25) is 10.4 Å². The van der Waals surface area contributed by atoms with Crippen molar-refractivity contribution >= 4 is 33.0 Å². The third kappa shape index (κ3) is 5.26. The summed E-state index contributed by atoms with van der Waals surface area (Å²) in [5, 5.41) is 20.6. The summed E-state index contributed by atoms with van der Waals surface area (Å²) in [7, 11) is 4.61. The number of aryl methyl sites for hydroxylation is 1. The molecule has 1 rings (SSSR count). The molecule has 1 aromatic heterocycles. The fraction of sp³-hybridized carbons (Fsp3) is 0.222. The molecule has 1 heterocycles. The van der Waals surface area contributed by atoms with Gasteiger partial charge in [0, 0.05) is 11.8 Å². The van der Waals surface area contributed by atoms with Gasteiger partial charge in [-0.2, -0.15) is 5.10 Å². The van der Waals surface area contributed by atoms with Crippen LogP contribution >= 0.6 is 21.6 Å². The van der Waals surface area contributed by atoms with Crippen LogP contribution in [0.2, 0.25) is 0 Å². The summed E-state index contributed by atoms with van der Waals surface area (Å²) in [6.45, 7) is 1.51. The van der Waals surface area contributed by atoms with Crippen LogP contribution in [0, 0.1) is 6.92 Å². The Kier molecular flexibility index (Phi) is 8.83. The molecule has 0 saturated carbocycles. The Morgan fingerprint density at radius 2 is 2.39 bits per heavy atom. The first kappa shape index (κ1) is 17.2. The van der Waals surface area contributed by atoms with Gasteiger partial charge in [0.2, 0.25) is 0 Å². The maximum absolute atomic E-state index is 9.09. The molecule has 0 fully saturated rings. The molecular formula is C9H13ClN4O2PtS+2. The number of aliphatic hydroxyl groups excluding tert-OH is 1. The van der Waals surface area contributed by atoms with Gasteiger partial charge in [-0.25, -0.2) is 0 Å². The molecule has 0 aliphatic heterocycles. The van der Waals surface area contributed by atoms with Crippen LogP contribution in [-0.4, -0.2) is 26.5 Å². The quantitative estimate of drug-likeness (QED) is 0.252. The topological polar surface area (TPSA) is 106 Å². The Hall–Kier alpha value is -0.752. The Balaban J connectivity index is 0.00000137. The maximum atomic E-state index is 9.09. The van der Waals surface area contributed by atoms with Gasteiger partial charge in [-0.1, -0.05) is 0 Å². The first-order valence-corrected chi connectivity index (χ1v) is 7.80. The molecule has 0 atom stereocenters. The van der Waals surface area contributed by atoms with E-state index in [9.17, 15) is 0 Å². The van der Waals surface area contributed by atoms with E-state index in [1.807, 2.05) is 0 Å². The van der Waals surface area contributed by atoms with E-state index in [1.165, 1.54) is 12.4 Å². The first-order chi connectivity index (χ1) is 8.56. The fourth-order valence-corrected chi connectivity index (χ4v) is 1.15. The molecule has 0 radical (unpaired) electrons. The standard InChI is InChI=1S/C9H12N4O2S.ClH.Pt/c1-5-8(15)7(3-12-13-9(10)16)6(4-14)2-11-5;;/h2-3,14-15H,4H2,1H3,(H3,10,13,16);1H;/q;;+2. The van der Waals surface area contributed by atoms with E-state index in [0.29, 0.717) is 16.8 Å². The minimum absolute atomic E-state index is 0.0408. The summed E-state index contributed by atoms with van der Waals surface area (Å²) in [6, 6.07) is 0. The van der Waals surface area contributed by atoms with Crippen LogP contribution in [0.1, 0.15) is 16.8 Å². The average molecular weight is 472 g/mol. The van der Waals surface area contributed by atoms with Crippen LogP contribution in [0.15, 0.2) is 11.3 Å². The number of halogens is 1. The molecule has 0 bridgehead atoms. The monoisotopic (exact) mass is 471 g/mol. The summed E-state index contributed by atoms with van der Waals surface area (Å²) in [4.78, 5) is 3.97. The van der Waals surface area contributed by atoms with Crippen LogP contribution in [0.5, 0.6) is 5.75 Å². The van der Waals surface area contributed by atoms with E-state index in [1.54, 1.807) is 25.7 Å². The van der Waals surface area contributed by atoms with Gasteiger partial charge in [0.05, 0.1) is 18.4 Å². The van der Waals surface area contributed by atoms with Crippen molar-refractivity contribution in [1.29, 1.82) is 0 Å². The second-order valence-electron chi connectivity index (χ2n) is 3.05. The fourth-order valence-electron chi connectivity index (χ4n) is 1.10. The van der Waals surface area contributed by atoms with Crippen LogP contribution in [0.25, 0.3) is 0 Å². The number of pyridine rings is 1. The van der Waals surface area contributed by atoms with E-state index in [-0.39, 0.29) is 17.5 Å². The normalized spacial score (nSPS) is 9.83. The van der Waals surface area contributed by atoms with Crippen molar-refractivity contribution in [2.45, 2.75) is 13.5 Å². The van der Waals surface area contributed by atoms with Gasteiger partial charge in [-0.15, -0.1) is 0 Å². The molecule has 102 valence electrons. The number of thiocarbonyl (C=S) groups is 1. The molecule has 0 unspecified atom stereocenters. The van der Waals surface area contributed by atoms with E-state index < -0.39 is 0 Å². The summed E-state index contributed by atoms with van der Waals surface area (Å²) < 4.78 is 0. The molecular weight excluding hydrogens is 459 g/mol. The molecule has 6 nitrogen and oxygen atoms in total. The number of aromatic nitrogens is 1. The molecule has 0 aromatic carbocycles. The van der Waals surface area contributed by atoms with Gasteiger partial charge >= 0.3 is 28.2 Å². The van der Waals surface area contributed by atoms with Gasteiger partial charge in [0.1, 0.15) is 5.69 Å². The van der Waals surface area contributed by atoms with Crippen molar-refractivity contribution in [3.8, 4) is 5.75 Å². The molecule has 1 aromatic rings. The molecule has 0 saturated heterocycles. The number of hydrogen-bond donors (Lipinski definition) is 3. The van der Waals surface area contributed by atoms with Gasteiger partial charge in [0.15, 0.2) is 5.11 Å². The zero-order chi connectivity index (χ0) is 14.1. The Labute approximate surface area is 125 Å². The molecule has 6 N–H and O–H groups in total. The molecule has 0 aliphatic carbocycles. The first-order valence-electron chi connectivity index (χ1n) is 4.57. The number of nitrogens with zero attached hydrogens (tertiary/aromatic N) is 2. The SMILES string of the molecule is Cc1ncc(CO)c(C=NNC(N)=S)c1[OH2+].[Cl][Pt+]. The Morgan fingerprint density at radius 3 is 2.89 bits per heavy atom. The number of rotatable bonds is 3. The number of hydrazone groups is 1. The van der Waals surface area contributed by atoms with E-state index in [2.05, 4.69) is 37.1 Å². The third-order valence-corrected chi connectivity index (χ3v) is 2.02. The van der Waals surface area contributed by atoms with Crippen molar-refractivity contribution < 1.29 is 29.0 Å². The predicted molar refractivity (Wildman–Crippen MR) is 71.3 cm³/mol. The van der Waals surface area contributed by atoms with Crippen molar-refractivity contribution in [2.75, 3.05) is 0 Å². The molecule has 0 spiro atoms. The van der Waals surface area contributed by atoms with Crippen LogP contribution < -0.4 is 11.2 Å². The van der Waals surface area contributed by atoms with Crippen LogP contribution in [-0.2, 0) is 25.4 Å². The summed E-state index contributed by atoms with van der Waals surface area (Å²) in [6.07, 6.45) is 2.90. The van der Waals surface area contributed by atoms with Crippen molar-refractivity contribution in [2.24, 2.45) is 10.8 Å². The molecule has 9 heteroatoms. The van der Waals surface area contributed by atoms with Gasteiger partial charge in [-0.05, 0) is 19.1 Å². The van der Waals surface area contributed by atoms with Crippen LogP contribution in [0.4, 0.5) is 0 Å². The van der Waals surface area contributed by atoms with E-state index >= 15 is 0 Å². The minimum atomic E-state index is -0.201. The van der Waals surface area contributed by atoms with Crippen molar-refractivity contribution in [1.82, 2.24) is 10.4 Å². The Morgan fingerprint density at radius 1 is 1.78 bits per heavy atom. The van der Waals surface area contributed by atoms with E-state index in [4.69, 9.17) is 15.9 Å². The van der Waals surface area contributed by atoms with Crippen LogP contribution in [0.3, 0.4) is 0 Å². The number of nitrogens with two attached hydrogens (primary N) is 1. The molecule has 0 amide bonds.